The molecule has 0 aliphatic carbocycles. The van der Waals surface area contributed by atoms with E-state index in [1.165, 1.54) is 0 Å². The van der Waals surface area contributed by atoms with Crippen LogP contribution in [0.5, 0.6) is 0 Å². The Morgan fingerprint density at radius 1 is 1.33 bits per heavy atom. The van der Waals surface area contributed by atoms with E-state index >= 15 is 0 Å². The monoisotopic (exact) mass is 212 g/mol. The van der Waals surface area contributed by atoms with E-state index in [4.69, 9.17) is 5.73 Å². The molecule has 0 radical (unpaired) electrons. The molecular weight excluding hydrogens is 192 g/mol. The molecule has 1 heterocycles. The summed E-state index contributed by atoms with van der Waals surface area (Å²) >= 11 is 0. The Hall–Kier alpha value is -1.01. The molecule has 0 atom stereocenters. The number of aromatic nitrogens is 4. The molecule has 6 heteroatoms. The van der Waals surface area contributed by atoms with Crippen LogP contribution < -0.4 is 5.73 Å². The summed E-state index contributed by atoms with van der Waals surface area (Å²) in [6.07, 6.45) is 2.95. The first-order chi connectivity index (χ1) is 7.24. The van der Waals surface area contributed by atoms with Gasteiger partial charge in [-0.15, -0.1) is 5.10 Å². The third kappa shape index (κ3) is 4.35. The fraction of sp³-hybridized carbons (Fsp3) is 0.889. The molecule has 86 valence electrons. The van der Waals surface area contributed by atoms with Crippen LogP contribution in [0, 0.1) is 0 Å². The van der Waals surface area contributed by atoms with Crippen molar-refractivity contribution in [2.24, 2.45) is 5.73 Å². The predicted molar refractivity (Wildman–Crippen MR) is 58.4 cm³/mol. The van der Waals surface area contributed by atoms with Crippen LogP contribution in [0.4, 0.5) is 0 Å². The first-order valence-electron chi connectivity index (χ1n) is 5.34. The van der Waals surface area contributed by atoms with E-state index in [9.17, 15) is 0 Å². The highest BCUT2D eigenvalue weighted by molar-refractivity contribution is 4.81. The van der Waals surface area contributed by atoms with Crippen LogP contribution in [0.3, 0.4) is 0 Å². The molecule has 0 aliphatic heterocycles. The summed E-state index contributed by atoms with van der Waals surface area (Å²) in [6, 6.07) is 0. The lowest BCUT2D eigenvalue weighted by molar-refractivity contribution is 0.402. The Bertz CT molecular complexity index is 269. The number of hydrogen-bond donors (Lipinski definition) is 1. The van der Waals surface area contributed by atoms with Gasteiger partial charge in [0.25, 0.3) is 0 Å². The molecule has 0 saturated heterocycles. The van der Waals surface area contributed by atoms with Crippen LogP contribution in [0.1, 0.15) is 18.7 Å². The van der Waals surface area contributed by atoms with Gasteiger partial charge < -0.3 is 10.6 Å². The molecule has 0 bridgehead atoms. The minimum absolute atomic E-state index is 0.731. The number of likely N-dealkylation sites (N-methyl/N-ethyl adjacent to an activating group) is 1. The van der Waals surface area contributed by atoms with Crippen molar-refractivity contribution >= 4 is 0 Å². The standard InChI is InChI=1S/C9H20N6/c1-14(2)8-5-9-11-12-13-15(9)7-4-3-6-10/h3-8,10H2,1-2H3. The quantitative estimate of drug-likeness (QED) is 0.618. The van der Waals surface area contributed by atoms with Crippen molar-refractivity contribution in [2.45, 2.75) is 25.8 Å². The van der Waals surface area contributed by atoms with Gasteiger partial charge >= 0.3 is 0 Å². The first-order valence-corrected chi connectivity index (χ1v) is 5.34. The van der Waals surface area contributed by atoms with Crippen molar-refractivity contribution in [1.29, 1.82) is 0 Å². The molecule has 0 aliphatic rings. The van der Waals surface area contributed by atoms with Crippen molar-refractivity contribution in [2.75, 3.05) is 27.2 Å². The number of hydrogen-bond acceptors (Lipinski definition) is 5. The molecule has 0 amide bonds. The maximum absolute atomic E-state index is 5.44. The third-order valence-electron chi connectivity index (χ3n) is 2.21. The lowest BCUT2D eigenvalue weighted by Crippen LogP contribution is -2.18. The topological polar surface area (TPSA) is 72.9 Å². The highest BCUT2D eigenvalue weighted by Gasteiger charge is 2.05. The van der Waals surface area contributed by atoms with Gasteiger partial charge in [0.1, 0.15) is 0 Å². The van der Waals surface area contributed by atoms with Gasteiger partial charge in [-0.2, -0.15) is 0 Å². The van der Waals surface area contributed by atoms with Gasteiger partial charge in [0.2, 0.25) is 0 Å². The average Bonchev–Trinajstić information content (AvgIpc) is 2.63. The van der Waals surface area contributed by atoms with Gasteiger partial charge in [-0.25, -0.2) is 4.68 Å². The molecule has 0 saturated carbocycles. The van der Waals surface area contributed by atoms with Crippen molar-refractivity contribution in [3.8, 4) is 0 Å². The van der Waals surface area contributed by atoms with E-state index in [1.54, 1.807) is 0 Å². The van der Waals surface area contributed by atoms with Crippen molar-refractivity contribution in [3.63, 3.8) is 0 Å². The summed E-state index contributed by atoms with van der Waals surface area (Å²) in [5, 5.41) is 11.7. The zero-order valence-electron chi connectivity index (χ0n) is 9.56. The van der Waals surface area contributed by atoms with E-state index < -0.39 is 0 Å². The Balaban J connectivity index is 2.39. The van der Waals surface area contributed by atoms with Crippen molar-refractivity contribution < 1.29 is 0 Å². The number of nitrogens with zero attached hydrogens (tertiary/aromatic N) is 5. The minimum Gasteiger partial charge on any atom is -0.330 e. The van der Waals surface area contributed by atoms with Gasteiger partial charge in [0.15, 0.2) is 5.82 Å². The van der Waals surface area contributed by atoms with E-state index in [0.29, 0.717) is 0 Å². The second-order valence-electron chi connectivity index (χ2n) is 3.87. The Morgan fingerprint density at radius 2 is 2.13 bits per heavy atom. The largest absolute Gasteiger partial charge is 0.330 e. The summed E-state index contributed by atoms with van der Waals surface area (Å²) in [5.41, 5.74) is 5.44. The first kappa shape index (κ1) is 12.1. The van der Waals surface area contributed by atoms with Gasteiger partial charge in [-0.05, 0) is 43.9 Å². The zero-order chi connectivity index (χ0) is 11.1. The number of unbranched alkanes of at least 4 members (excludes halogenated alkanes) is 1. The molecule has 0 unspecified atom stereocenters. The minimum atomic E-state index is 0.731. The maximum Gasteiger partial charge on any atom is 0.152 e. The average molecular weight is 212 g/mol. The molecule has 1 aromatic rings. The van der Waals surface area contributed by atoms with Gasteiger partial charge in [-0.3, -0.25) is 0 Å². The molecule has 0 fully saturated rings. The number of rotatable bonds is 7. The fourth-order valence-corrected chi connectivity index (χ4v) is 1.31. The lowest BCUT2D eigenvalue weighted by Gasteiger charge is -2.08. The summed E-state index contributed by atoms with van der Waals surface area (Å²) in [5.74, 6) is 0.959. The van der Waals surface area contributed by atoms with Gasteiger partial charge in [0, 0.05) is 19.5 Å². The predicted octanol–water partition coefficient (Wildman–Crippen LogP) is -0.484. The van der Waals surface area contributed by atoms with E-state index in [0.717, 1.165) is 44.7 Å². The van der Waals surface area contributed by atoms with Crippen LogP contribution in [-0.4, -0.2) is 52.3 Å². The summed E-state index contributed by atoms with van der Waals surface area (Å²) in [4.78, 5) is 2.12. The van der Waals surface area contributed by atoms with E-state index in [-0.39, 0.29) is 0 Å². The second-order valence-corrected chi connectivity index (χ2v) is 3.87. The molecular formula is C9H20N6. The molecule has 15 heavy (non-hydrogen) atoms. The highest BCUT2D eigenvalue weighted by atomic mass is 15.5. The van der Waals surface area contributed by atoms with Gasteiger partial charge in [0.05, 0.1) is 0 Å². The molecule has 6 nitrogen and oxygen atoms in total. The smallest absolute Gasteiger partial charge is 0.152 e. The third-order valence-corrected chi connectivity index (χ3v) is 2.21. The number of tetrazole rings is 1. The molecule has 0 spiro atoms. The summed E-state index contributed by atoms with van der Waals surface area (Å²) in [6.45, 7) is 2.57. The Kier molecular flexibility index (Phi) is 5.20. The lowest BCUT2D eigenvalue weighted by atomic mass is 10.3. The van der Waals surface area contributed by atoms with Crippen LogP contribution >= 0.6 is 0 Å². The van der Waals surface area contributed by atoms with E-state index in [1.807, 2.05) is 18.8 Å². The second kappa shape index (κ2) is 6.47. The molecule has 1 rings (SSSR count). The highest BCUT2D eigenvalue weighted by Crippen LogP contribution is 1.98. The Morgan fingerprint density at radius 3 is 2.80 bits per heavy atom. The van der Waals surface area contributed by atoms with Crippen LogP contribution in [-0.2, 0) is 13.0 Å². The molecule has 2 N–H and O–H groups in total. The van der Waals surface area contributed by atoms with Crippen LogP contribution in [0.2, 0.25) is 0 Å². The Labute approximate surface area is 90.4 Å². The van der Waals surface area contributed by atoms with E-state index in [2.05, 4.69) is 20.4 Å². The maximum atomic E-state index is 5.44. The molecule has 0 aromatic carbocycles. The summed E-state index contributed by atoms with van der Waals surface area (Å²) < 4.78 is 1.87. The number of nitrogens with two attached hydrogens (primary N) is 1. The SMILES string of the molecule is CN(C)CCc1nnnn1CCCCN. The van der Waals surface area contributed by atoms with Crippen LogP contribution in [0.15, 0.2) is 0 Å². The molecule has 1 aromatic heterocycles. The van der Waals surface area contributed by atoms with Crippen molar-refractivity contribution in [3.05, 3.63) is 5.82 Å². The summed E-state index contributed by atoms with van der Waals surface area (Å²) in [7, 11) is 4.09. The van der Waals surface area contributed by atoms with Gasteiger partial charge in [-0.1, -0.05) is 0 Å². The van der Waals surface area contributed by atoms with Crippen LogP contribution in [0.25, 0.3) is 0 Å². The fourth-order valence-electron chi connectivity index (χ4n) is 1.31. The zero-order valence-corrected chi connectivity index (χ0v) is 9.56. The number of aryl methyl sites for hydroxylation is 1. The van der Waals surface area contributed by atoms with Crippen molar-refractivity contribution in [1.82, 2.24) is 25.1 Å². The normalized spacial score (nSPS) is 11.2.